The molecular formula is C25H27N3O4. The Balaban J connectivity index is 1.57. The maximum absolute atomic E-state index is 13.2. The molecule has 0 aliphatic carbocycles. The Bertz CT molecular complexity index is 1140. The highest BCUT2D eigenvalue weighted by molar-refractivity contribution is 6.15. The zero-order valence-corrected chi connectivity index (χ0v) is 18.3. The van der Waals surface area contributed by atoms with Crippen LogP contribution in [-0.4, -0.2) is 43.2 Å². The summed E-state index contributed by atoms with van der Waals surface area (Å²) in [5, 5.41) is 7.60. The number of nitrogens with one attached hydrogen (secondary N) is 2. The van der Waals surface area contributed by atoms with E-state index < -0.39 is 0 Å². The number of fused-ring (bicyclic) bond motifs is 1. The lowest BCUT2D eigenvalue weighted by Gasteiger charge is -2.22. The number of pyridine rings is 1. The van der Waals surface area contributed by atoms with E-state index in [0.29, 0.717) is 30.3 Å². The molecule has 7 nitrogen and oxygen atoms in total. The molecule has 0 radical (unpaired) electrons. The van der Waals surface area contributed by atoms with Gasteiger partial charge in [-0.05, 0) is 54.7 Å². The first kappa shape index (κ1) is 21.8. The van der Waals surface area contributed by atoms with Crippen LogP contribution >= 0.6 is 0 Å². The lowest BCUT2D eigenvalue weighted by atomic mass is 10.00. The molecule has 2 N–H and O–H groups in total. The van der Waals surface area contributed by atoms with E-state index in [4.69, 9.17) is 9.47 Å². The number of hydrogen-bond donors (Lipinski definition) is 2. The standard InChI is InChI=1S/C25H27N3O4/c1-16-10-11-20(19-9-4-3-8-18(16)19)24(29)27-21-12-13-22(31-2)28-23(21)25(30)26-15-17-7-5-6-14-32-17/h3-4,8-13,17H,5-7,14-15H2,1-2H3,(H,26,30)(H,27,29). The van der Waals surface area contributed by atoms with Crippen LogP contribution in [0.15, 0.2) is 48.5 Å². The summed E-state index contributed by atoms with van der Waals surface area (Å²) < 4.78 is 10.9. The van der Waals surface area contributed by atoms with Crippen LogP contribution in [0.2, 0.25) is 0 Å². The van der Waals surface area contributed by atoms with Gasteiger partial charge in [0.1, 0.15) is 0 Å². The Hall–Kier alpha value is -3.45. The van der Waals surface area contributed by atoms with Gasteiger partial charge in [-0.15, -0.1) is 0 Å². The molecule has 0 saturated carbocycles. The fourth-order valence-corrected chi connectivity index (χ4v) is 3.92. The van der Waals surface area contributed by atoms with Crippen LogP contribution in [0.4, 0.5) is 5.69 Å². The van der Waals surface area contributed by atoms with Gasteiger partial charge in [-0.3, -0.25) is 9.59 Å². The Morgan fingerprint density at radius 2 is 1.88 bits per heavy atom. The number of hydrogen-bond acceptors (Lipinski definition) is 5. The van der Waals surface area contributed by atoms with Crippen LogP contribution in [0.25, 0.3) is 10.8 Å². The number of amides is 2. The highest BCUT2D eigenvalue weighted by Gasteiger charge is 2.21. The van der Waals surface area contributed by atoms with E-state index in [2.05, 4.69) is 15.6 Å². The lowest BCUT2D eigenvalue weighted by molar-refractivity contribution is 0.0168. The number of nitrogens with zero attached hydrogens (tertiary/aromatic N) is 1. The summed E-state index contributed by atoms with van der Waals surface area (Å²) in [4.78, 5) is 30.4. The van der Waals surface area contributed by atoms with E-state index in [1.807, 2.05) is 37.3 Å². The zero-order valence-electron chi connectivity index (χ0n) is 18.3. The van der Waals surface area contributed by atoms with E-state index >= 15 is 0 Å². The maximum atomic E-state index is 13.2. The molecule has 1 aromatic heterocycles. The Kier molecular flexibility index (Phi) is 6.66. The van der Waals surface area contributed by atoms with Gasteiger partial charge in [0.15, 0.2) is 5.69 Å². The Labute approximate surface area is 187 Å². The topological polar surface area (TPSA) is 89.5 Å². The average Bonchev–Trinajstić information content (AvgIpc) is 2.83. The van der Waals surface area contributed by atoms with Crippen molar-refractivity contribution in [3.63, 3.8) is 0 Å². The molecule has 166 valence electrons. The van der Waals surface area contributed by atoms with Crippen molar-refractivity contribution in [3.05, 3.63) is 65.4 Å². The van der Waals surface area contributed by atoms with Gasteiger partial charge < -0.3 is 20.1 Å². The summed E-state index contributed by atoms with van der Waals surface area (Å²) in [6.07, 6.45) is 3.04. The van der Waals surface area contributed by atoms with Crippen molar-refractivity contribution in [1.29, 1.82) is 0 Å². The molecule has 4 rings (SSSR count). The number of ether oxygens (including phenoxy) is 2. The second-order valence-electron chi connectivity index (χ2n) is 7.88. The minimum atomic E-state index is -0.387. The van der Waals surface area contributed by atoms with E-state index in [9.17, 15) is 9.59 Å². The lowest BCUT2D eigenvalue weighted by Crippen LogP contribution is -2.36. The van der Waals surface area contributed by atoms with Crippen LogP contribution in [0.5, 0.6) is 5.88 Å². The summed E-state index contributed by atoms with van der Waals surface area (Å²) in [6.45, 7) is 3.12. The third-order valence-electron chi connectivity index (χ3n) is 5.69. The average molecular weight is 434 g/mol. The molecule has 2 heterocycles. The number of methoxy groups -OCH3 is 1. The molecule has 2 aromatic carbocycles. The molecule has 1 aliphatic heterocycles. The van der Waals surface area contributed by atoms with Gasteiger partial charge in [0.25, 0.3) is 11.8 Å². The number of anilines is 1. The number of carbonyl (C=O) groups is 2. The van der Waals surface area contributed by atoms with Crippen LogP contribution < -0.4 is 15.4 Å². The highest BCUT2D eigenvalue weighted by Crippen LogP contribution is 2.25. The number of aromatic nitrogens is 1. The van der Waals surface area contributed by atoms with Crippen molar-refractivity contribution >= 4 is 28.3 Å². The van der Waals surface area contributed by atoms with Crippen molar-refractivity contribution < 1.29 is 19.1 Å². The van der Waals surface area contributed by atoms with Crippen molar-refractivity contribution in [2.45, 2.75) is 32.3 Å². The fourth-order valence-electron chi connectivity index (χ4n) is 3.92. The smallest absolute Gasteiger partial charge is 0.272 e. The summed E-state index contributed by atoms with van der Waals surface area (Å²) in [5.41, 5.74) is 2.05. The minimum Gasteiger partial charge on any atom is -0.481 e. The summed E-state index contributed by atoms with van der Waals surface area (Å²) in [5.74, 6) is -0.400. The molecule has 2 amide bonds. The molecule has 1 saturated heterocycles. The SMILES string of the molecule is COc1ccc(NC(=O)c2ccc(C)c3ccccc23)c(C(=O)NCC2CCCCO2)n1. The van der Waals surface area contributed by atoms with Crippen LogP contribution in [0.1, 0.15) is 45.7 Å². The van der Waals surface area contributed by atoms with Crippen LogP contribution in [0.3, 0.4) is 0 Å². The quantitative estimate of drug-likeness (QED) is 0.611. The normalized spacial score (nSPS) is 15.9. The molecule has 7 heteroatoms. The summed E-state index contributed by atoms with van der Waals surface area (Å²) in [7, 11) is 1.48. The van der Waals surface area contributed by atoms with Gasteiger partial charge in [-0.2, -0.15) is 0 Å². The van der Waals surface area contributed by atoms with Crippen molar-refractivity contribution in [1.82, 2.24) is 10.3 Å². The van der Waals surface area contributed by atoms with Gasteiger partial charge in [0.05, 0.1) is 18.9 Å². The van der Waals surface area contributed by atoms with Crippen molar-refractivity contribution in [2.75, 3.05) is 25.6 Å². The van der Waals surface area contributed by atoms with Gasteiger partial charge in [0.2, 0.25) is 5.88 Å². The molecule has 1 aliphatic rings. The second kappa shape index (κ2) is 9.78. The van der Waals surface area contributed by atoms with Gasteiger partial charge >= 0.3 is 0 Å². The van der Waals surface area contributed by atoms with E-state index in [1.165, 1.54) is 7.11 Å². The van der Waals surface area contributed by atoms with E-state index in [1.54, 1.807) is 18.2 Å². The van der Waals surface area contributed by atoms with Crippen LogP contribution in [0, 0.1) is 6.92 Å². The second-order valence-corrected chi connectivity index (χ2v) is 7.88. The van der Waals surface area contributed by atoms with Gasteiger partial charge in [-0.1, -0.05) is 30.3 Å². The number of benzene rings is 2. The Morgan fingerprint density at radius 1 is 1.06 bits per heavy atom. The largest absolute Gasteiger partial charge is 0.481 e. The fraction of sp³-hybridized carbons (Fsp3) is 0.320. The highest BCUT2D eigenvalue weighted by atomic mass is 16.5. The van der Waals surface area contributed by atoms with Gasteiger partial charge in [0, 0.05) is 24.8 Å². The molecule has 3 aromatic rings. The number of rotatable bonds is 6. The molecular weight excluding hydrogens is 406 g/mol. The monoisotopic (exact) mass is 433 g/mol. The van der Waals surface area contributed by atoms with Gasteiger partial charge in [-0.25, -0.2) is 4.98 Å². The van der Waals surface area contributed by atoms with E-state index in [0.717, 1.165) is 35.6 Å². The number of aryl methyl sites for hydroxylation is 1. The molecule has 1 atom stereocenters. The summed E-state index contributed by atoms with van der Waals surface area (Å²) >= 11 is 0. The predicted molar refractivity (Wildman–Crippen MR) is 123 cm³/mol. The molecule has 0 spiro atoms. The molecule has 1 fully saturated rings. The first-order chi connectivity index (χ1) is 15.6. The third kappa shape index (κ3) is 4.73. The molecule has 32 heavy (non-hydrogen) atoms. The molecule has 1 unspecified atom stereocenters. The van der Waals surface area contributed by atoms with Crippen LogP contribution in [-0.2, 0) is 4.74 Å². The van der Waals surface area contributed by atoms with E-state index in [-0.39, 0.29) is 23.6 Å². The third-order valence-corrected chi connectivity index (χ3v) is 5.69. The first-order valence-corrected chi connectivity index (χ1v) is 10.8. The minimum absolute atomic E-state index is 0.00438. The maximum Gasteiger partial charge on any atom is 0.272 e. The summed E-state index contributed by atoms with van der Waals surface area (Å²) in [6, 6.07) is 14.7. The number of carbonyl (C=O) groups excluding carboxylic acids is 2. The van der Waals surface area contributed by atoms with Crippen molar-refractivity contribution in [3.8, 4) is 5.88 Å². The molecule has 0 bridgehead atoms. The predicted octanol–water partition coefficient (Wildman–Crippen LogP) is 4.10. The van der Waals surface area contributed by atoms with Crippen molar-refractivity contribution in [2.24, 2.45) is 0 Å². The zero-order chi connectivity index (χ0) is 22.5. The Morgan fingerprint density at radius 3 is 2.62 bits per heavy atom. The first-order valence-electron chi connectivity index (χ1n) is 10.8.